The number of carbonyl (C=O) groups is 2. The SMILES string of the molecule is CC[C@H]1OC(=O)[C@H](C)[C@@H](O[C@H]2C[C@@](C)(OC)[C@@H](O)[C@H](C)O2)[C@H](C)[C@@H](O[C@@H]2O[C@H](C)C[C@H](N(C)Cc3cccc(-c4cn(CCCCCC(=O)NO)nn4)c3)[C@H]2O)[C@](C)(O)C[C@@H](C)CN(C)[C@H](C)[C@@H](O)[C@]1(C)O. The molecule has 3 aliphatic heterocycles. The number of nitrogens with zero attached hydrogens (tertiary/aromatic N) is 5. The molecule has 2 aromatic rings. The van der Waals surface area contributed by atoms with E-state index in [4.69, 9.17) is 33.6 Å². The minimum absolute atomic E-state index is 0.0944. The van der Waals surface area contributed by atoms with Crippen LogP contribution in [-0.2, 0) is 51.1 Å². The molecule has 72 heavy (non-hydrogen) atoms. The number of hydroxylamine groups is 1. The minimum atomic E-state index is -1.84. The number of rotatable bonds is 16. The van der Waals surface area contributed by atoms with Gasteiger partial charge in [0.05, 0.1) is 47.7 Å². The lowest BCUT2D eigenvalue weighted by Crippen LogP contribution is -2.60. The third kappa shape index (κ3) is 14.6. The molecule has 0 spiro atoms. The van der Waals surface area contributed by atoms with Gasteiger partial charge in [-0.1, -0.05) is 50.6 Å². The molecule has 0 radical (unpaired) electrons. The van der Waals surface area contributed by atoms with E-state index in [0.717, 1.165) is 24.0 Å². The Morgan fingerprint density at radius 1 is 0.986 bits per heavy atom. The number of carbonyl (C=O) groups excluding carboxylic acids is 2. The Balaban J connectivity index is 1.44. The lowest BCUT2D eigenvalue weighted by Gasteiger charge is -2.49. The highest BCUT2D eigenvalue weighted by atomic mass is 16.7. The number of cyclic esters (lactones) is 1. The van der Waals surface area contributed by atoms with Gasteiger partial charge in [-0.15, -0.1) is 5.10 Å². The summed E-state index contributed by atoms with van der Waals surface area (Å²) in [6, 6.07) is 6.94. The van der Waals surface area contributed by atoms with E-state index in [1.807, 2.05) is 70.2 Å². The molecule has 0 unspecified atom stereocenters. The van der Waals surface area contributed by atoms with Crippen molar-refractivity contribution in [2.24, 2.45) is 17.8 Å². The molecule has 1 aromatic heterocycles. The Labute approximate surface area is 426 Å². The van der Waals surface area contributed by atoms with E-state index >= 15 is 0 Å². The van der Waals surface area contributed by atoms with Crippen LogP contribution in [0.25, 0.3) is 11.3 Å². The van der Waals surface area contributed by atoms with Crippen LogP contribution in [0.2, 0.25) is 0 Å². The second kappa shape index (κ2) is 25.5. The molecular formula is C52H88N6O14. The molecule has 3 aliphatic rings. The number of unbranched alkanes of at least 4 members (excludes halogenated alkanes) is 2. The zero-order valence-electron chi connectivity index (χ0n) is 45.0. The van der Waals surface area contributed by atoms with Crippen molar-refractivity contribution in [2.45, 2.75) is 224 Å². The van der Waals surface area contributed by atoms with Crippen LogP contribution in [0.1, 0.15) is 126 Å². The first kappa shape index (κ1) is 59.7. The van der Waals surface area contributed by atoms with Crippen LogP contribution in [0.3, 0.4) is 0 Å². The highest BCUT2D eigenvalue weighted by Crippen LogP contribution is 2.40. The number of ether oxygens (including phenoxy) is 6. The Morgan fingerprint density at radius 2 is 1.69 bits per heavy atom. The Bertz CT molecular complexity index is 2030. The van der Waals surface area contributed by atoms with Crippen LogP contribution in [0.15, 0.2) is 30.5 Å². The van der Waals surface area contributed by atoms with Crippen molar-refractivity contribution in [1.82, 2.24) is 30.3 Å². The highest BCUT2D eigenvalue weighted by Gasteiger charge is 2.53. The van der Waals surface area contributed by atoms with Crippen molar-refractivity contribution in [3.8, 4) is 11.3 Å². The van der Waals surface area contributed by atoms with Crippen LogP contribution in [0.5, 0.6) is 0 Å². The lowest BCUT2D eigenvalue weighted by atomic mass is 9.77. The zero-order chi connectivity index (χ0) is 53.5. The van der Waals surface area contributed by atoms with Gasteiger partial charge in [-0.25, -0.2) is 5.48 Å². The van der Waals surface area contributed by atoms with Gasteiger partial charge in [0.1, 0.15) is 35.7 Å². The third-order valence-corrected chi connectivity index (χ3v) is 15.7. The summed E-state index contributed by atoms with van der Waals surface area (Å²) >= 11 is 0. The second-order valence-electron chi connectivity index (χ2n) is 22.0. The van der Waals surface area contributed by atoms with Crippen LogP contribution in [-0.4, -0.2) is 185 Å². The summed E-state index contributed by atoms with van der Waals surface area (Å²) in [4.78, 5) is 29.8. The normalized spacial score (nSPS) is 39.0. The molecule has 1 amide bonds. The topological polar surface area (TPSA) is 260 Å². The number of hydrogen-bond acceptors (Lipinski definition) is 18. The Hall–Kier alpha value is -3.22. The first-order chi connectivity index (χ1) is 33.8. The van der Waals surface area contributed by atoms with E-state index in [1.165, 1.54) is 14.0 Å². The monoisotopic (exact) mass is 1020 g/mol. The maximum atomic E-state index is 14.5. The lowest BCUT2D eigenvalue weighted by molar-refractivity contribution is -0.318. The number of nitrogens with one attached hydrogen (secondary N) is 1. The highest BCUT2D eigenvalue weighted by molar-refractivity contribution is 5.74. The summed E-state index contributed by atoms with van der Waals surface area (Å²) in [5.74, 6) is -3.22. The van der Waals surface area contributed by atoms with Gasteiger partial charge >= 0.3 is 5.97 Å². The number of benzene rings is 1. The van der Waals surface area contributed by atoms with Gasteiger partial charge in [0.2, 0.25) is 5.91 Å². The summed E-state index contributed by atoms with van der Waals surface area (Å²) in [6.07, 6.45) is -4.83. The van der Waals surface area contributed by atoms with Gasteiger partial charge in [0, 0.05) is 63.2 Å². The molecule has 0 bridgehead atoms. The molecule has 1 aromatic carbocycles. The molecule has 0 saturated carbocycles. The van der Waals surface area contributed by atoms with Crippen LogP contribution in [0, 0.1) is 17.8 Å². The van der Waals surface area contributed by atoms with E-state index < -0.39 is 108 Å². The van der Waals surface area contributed by atoms with Crippen molar-refractivity contribution in [3.63, 3.8) is 0 Å². The van der Waals surface area contributed by atoms with Crippen LogP contribution < -0.4 is 5.48 Å². The third-order valence-electron chi connectivity index (χ3n) is 15.7. The molecule has 18 atom stereocenters. The van der Waals surface area contributed by atoms with Crippen molar-refractivity contribution in [3.05, 3.63) is 36.0 Å². The van der Waals surface area contributed by atoms with Gasteiger partial charge in [0.25, 0.3) is 0 Å². The Kier molecular flexibility index (Phi) is 21.2. The number of amides is 1. The first-order valence-corrected chi connectivity index (χ1v) is 26.0. The number of aromatic nitrogens is 3. The summed E-state index contributed by atoms with van der Waals surface area (Å²) in [6.45, 7) is 19.0. The predicted molar refractivity (Wildman–Crippen MR) is 266 cm³/mol. The van der Waals surface area contributed by atoms with E-state index in [1.54, 1.807) is 51.7 Å². The fraction of sp³-hybridized carbons (Fsp3) is 0.808. The molecule has 410 valence electrons. The first-order valence-electron chi connectivity index (χ1n) is 26.0. The number of aliphatic hydroxyl groups is 5. The van der Waals surface area contributed by atoms with Crippen molar-refractivity contribution < 1.29 is 68.8 Å². The standard InChI is InChI=1S/C52H88N6O14/c1-14-40-52(10,65)45(61)34(6)56(11)27-30(2)25-50(8,64)47(32(4)44(33(5)48(63)70-40)71-42-26-51(9,67-13)46(62)35(7)69-42)72-49-43(60)39(23-31(3)68-49)57(12)28-36-19-18-20-37(24-36)38-29-58(55-53-38)22-17-15-16-21-41(59)54-66/h18-20,24,29-35,39-40,42-47,49,60-62,64-66H,14-17,21-23,25-28H2,1-13H3,(H,54,59)/t30-,31-,32+,33-,34-,35+,39+,40-,42+,43-,44+,45-,46+,47-,49+,50-,51-,52-/m1/s1. The largest absolute Gasteiger partial charge is 0.459 e. The summed E-state index contributed by atoms with van der Waals surface area (Å²) in [5, 5.41) is 77.3. The quantitative estimate of drug-likeness (QED) is 0.0546. The van der Waals surface area contributed by atoms with Crippen molar-refractivity contribution >= 4 is 11.9 Å². The Morgan fingerprint density at radius 3 is 2.36 bits per heavy atom. The fourth-order valence-electron chi connectivity index (χ4n) is 11.2. The number of likely N-dealkylation sites (N-methyl/N-ethyl adjacent to an activating group) is 2. The van der Waals surface area contributed by atoms with Crippen molar-refractivity contribution in [2.75, 3.05) is 27.7 Å². The number of aryl methyl sites for hydroxylation is 1. The summed E-state index contributed by atoms with van der Waals surface area (Å²) in [7, 11) is 5.27. The van der Waals surface area contributed by atoms with Gasteiger partial charge < -0.3 is 58.9 Å². The van der Waals surface area contributed by atoms with E-state index in [2.05, 4.69) is 15.2 Å². The molecule has 5 rings (SSSR count). The fourth-order valence-corrected chi connectivity index (χ4v) is 11.2. The van der Waals surface area contributed by atoms with Gasteiger partial charge in [-0.2, -0.15) is 0 Å². The maximum Gasteiger partial charge on any atom is 0.311 e. The molecular weight excluding hydrogens is 933 g/mol. The average Bonchev–Trinajstić information content (AvgIpc) is 3.81. The smallest absolute Gasteiger partial charge is 0.311 e. The van der Waals surface area contributed by atoms with Crippen LogP contribution >= 0.6 is 0 Å². The van der Waals surface area contributed by atoms with Crippen molar-refractivity contribution in [1.29, 1.82) is 0 Å². The number of aliphatic hydroxyl groups excluding tert-OH is 3. The molecule has 20 nitrogen and oxygen atoms in total. The molecule has 7 N–H and O–H groups in total. The molecule has 20 heteroatoms. The average molecular weight is 1020 g/mol. The molecule has 3 saturated heterocycles. The number of esters is 1. The van der Waals surface area contributed by atoms with Gasteiger partial charge in [-0.05, 0) is 112 Å². The second-order valence-corrected chi connectivity index (χ2v) is 22.0. The molecule has 0 aliphatic carbocycles. The van der Waals surface area contributed by atoms with Crippen LogP contribution in [0.4, 0.5) is 0 Å². The maximum absolute atomic E-state index is 14.5. The van der Waals surface area contributed by atoms with E-state index in [0.29, 0.717) is 38.2 Å². The zero-order valence-corrected chi connectivity index (χ0v) is 45.0. The molecule has 3 fully saturated rings. The van der Waals surface area contributed by atoms with Gasteiger partial charge in [-0.3, -0.25) is 24.4 Å². The predicted octanol–water partition coefficient (Wildman–Crippen LogP) is 3.80. The van der Waals surface area contributed by atoms with E-state index in [-0.39, 0.29) is 37.7 Å². The number of hydrogen-bond donors (Lipinski definition) is 7. The van der Waals surface area contributed by atoms with E-state index in [9.17, 15) is 35.1 Å². The molecule has 4 heterocycles. The summed E-state index contributed by atoms with van der Waals surface area (Å²) < 4.78 is 40.1. The minimum Gasteiger partial charge on any atom is -0.459 e. The van der Waals surface area contributed by atoms with Gasteiger partial charge in [0.15, 0.2) is 12.6 Å². The summed E-state index contributed by atoms with van der Waals surface area (Å²) in [5.41, 5.74) is -0.347. The number of methoxy groups -OCH3 is 1.